The lowest BCUT2D eigenvalue weighted by molar-refractivity contribution is -0.193. The molecule has 0 aromatic carbocycles. The number of ether oxygens (including phenoxy) is 2. The van der Waals surface area contributed by atoms with Gasteiger partial charge in [0.15, 0.2) is 12.1 Å². The molecule has 2 atom stereocenters. The Morgan fingerprint density at radius 1 is 1.82 bits per heavy atom. The van der Waals surface area contributed by atoms with E-state index in [1.165, 1.54) is 7.11 Å². The van der Waals surface area contributed by atoms with Crippen molar-refractivity contribution in [3.8, 4) is 0 Å². The summed E-state index contributed by atoms with van der Waals surface area (Å²) in [6, 6.07) is 0. The highest BCUT2D eigenvalue weighted by Gasteiger charge is 2.39. The van der Waals surface area contributed by atoms with Crippen LogP contribution < -0.4 is 0 Å². The fourth-order valence-electron chi connectivity index (χ4n) is 1.03. The summed E-state index contributed by atoms with van der Waals surface area (Å²) in [6.07, 6.45) is -0.667. The largest absolute Gasteiger partial charge is 0.370 e. The van der Waals surface area contributed by atoms with E-state index in [2.05, 4.69) is 0 Å². The summed E-state index contributed by atoms with van der Waals surface area (Å²) in [5.41, 5.74) is -0.863. The molecule has 1 rings (SSSR count). The van der Waals surface area contributed by atoms with Crippen molar-refractivity contribution in [1.82, 2.24) is 0 Å². The number of ketones is 1. The molecule has 0 aliphatic carbocycles. The minimum atomic E-state index is -0.877. The third-order valence-corrected chi connectivity index (χ3v) is 2.01. The van der Waals surface area contributed by atoms with Crippen LogP contribution in [0.2, 0.25) is 0 Å². The molecule has 64 valence electrons. The molecule has 0 aromatic rings. The normalized spacial score (nSPS) is 39.2. The van der Waals surface area contributed by atoms with Crippen LogP contribution in [0, 0.1) is 0 Å². The van der Waals surface area contributed by atoms with Gasteiger partial charge < -0.3 is 14.6 Å². The summed E-state index contributed by atoms with van der Waals surface area (Å²) < 4.78 is 9.69. The van der Waals surface area contributed by atoms with Crippen LogP contribution in [0.4, 0.5) is 0 Å². The summed E-state index contributed by atoms with van der Waals surface area (Å²) in [5, 5.41) is 9.04. The van der Waals surface area contributed by atoms with Crippen LogP contribution in [-0.2, 0) is 14.3 Å². The lowest BCUT2D eigenvalue weighted by Gasteiger charge is -2.32. The molecule has 1 aliphatic rings. The first kappa shape index (κ1) is 8.64. The SMILES string of the molecule is CO[C@]1(C)CC(O)OCC1=O. The van der Waals surface area contributed by atoms with Gasteiger partial charge in [-0.2, -0.15) is 0 Å². The topological polar surface area (TPSA) is 55.8 Å². The van der Waals surface area contributed by atoms with Crippen LogP contribution in [0.3, 0.4) is 0 Å². The second-order valence-corrected chi connectivity index (χ2v) is 2.83. The quantitative estimate of drug-likeness (QED) is 0.572. The van der Waals surface area contributed by atoms with Gasteiger partial charge in [-0.1, -0.05) is 0 Å². The Balaban J connectivity index is 2.68. The summed E-state index contributed by atoms with van der Waals surface area (Å²) >= 11 is 0. The van der Waals surface area contributed by atoms with Crippen molar-refractivity contribution >= 4 is 5.78 Å². The van der Waals surface area contributed by atoms with E-state index < -0.39 is 11.9 Å². The summed E-state index contributed by atoms with van der Waals surface area (Å²) in [6.45, 7) is 1.59. The first-order valence-corrected chi connectivity index (χ1v) is 3.46. The van der Waals surface area contributed by atoms with Gasteiger partial charge >= 0.3 is 0 Å². The molecule has 1 saturated heterocycles. The van der Waals surface area contributed by atoms with E-state index in [0.717, 1.165) is 0 Å². The molecule has 4 nitrogen and oxygen atoms in total. The number of carbonyl (C=O) groups excluding carboxylic acids is 1. The molecule has 1 N–H and O–H groups in total. The molecule has 1 fully saturated rings. The monoisotopic (exact) mass is 160 g/mol. The smallest absolute Gasteiger partial charge is 0.190 e. The molecule has 4 heteroatoms. The number of Topliss-reactive ketones (excluding diaryl/α,β-unsaturated/α-hetero) is 1. The first-order chi connectivity index (χ1) is 5.08. The average molecular weight is 160 g/mol. The van der Waals surface area contributed by atoms with E-state index in [-0.39, 0.29) is 18.8 Å². The maximum atomic E-state index is 11.1. The number of hydrogen-bond donors (Lipinski definition) is 1. The zero-order valence-corrected chi connectivity index (χ0v) is 6.66. The zero-order valence-electron chi connectivity index (χ0n) is 6.66. The fourth-order valence-corrected chi connectivity index (χ4v) is 1.03. The second kappa shape index (κ2) is 2.89. The molecule has 0 aromatic heterocycles. The maximum Gasteiger partial charge on any atom is 0.190 e. The van der Waals surface area contributed by atoms with E-state index >= 15 is 0 Å². The van der Waals surface area contributed by atoms with Crippen LogP contribution in [0.1, 0.15) is 13.3 Å². The number of hydrogen-bond acceptors (Lipinski definition) is 4. The van der Waals surface area contributed by atoms with Crippen LogP contribution in [0.15, 0.2) is 0 Å². The van der Waals surface area contributed by atoms with Crippen molar-refractivity contribution in [2.75, 3.05) is 13.7 Å². The summed E-state index contributed by atoms with van der Waals surface area (Å²) in [7, 11) is 1.45. The number of methoxy groups -OCH3 is 1. The number of rotatable bonds is 1. The lowest BCUT2D eigenvalue weighted by atomic mass is 9.94. The third kappa shape index (κ3) is 1.58. The van der Waals surface area contributed by atoms with E-state index in [9.17, 15) is 4.79 Å². The number of aliphatic hydroxyl groups is 1. The molecule has 0 saturated carbocycles. The minimum Gasteiger partial charge on any atom is -0.370 e. The van der Waals surface area contributed by atoms with E-state index in [1.807, 2.05) is 0 Å². The number of carbonyl (C=O) groups is 1. The van der Waals surface area contributed by atoms with Gasteiger partial charge in [0.1, 0.15) is 12.2 Å². The molecular weight excluding hydrogens is 148 g/mol. The molecule has 0 bridgehead atoms. The van der Waals surface area contributed by atoms with Gasteiger partial charge in [-0.05, 0) is 6.92 Å². The third-order valence-electron chi connectivity index (χ3n) is 2.01. The molecule has 1 aliphatic heterocycles. The highest BCUT2D eigenvalue weighted by molar-refractivity contribution is 5.88. The molecule has 11 heavy (non-hydrogen) atoms. The Bertz CT molecular complexity index is 168. The molecular formula is C7H12O4. The lowest BCUT2D eigenvalue weighted by Crippen LogP contribution is -2.48. The van der Waals surface area contributed by atoms with Gasteiger partial charge in [0.25, 0.3) is 0 Å². The highest BCUT2D eigenvalue weighted by Crippen LogP contribution is 2.23. The summed E-state index contributed by atoms with van der Waals surface area (Å²) in [4.78, 5) is 11.1. The van der Waals surface area contributed by atoms with Gasteiger partial charge in [-0.3, -0.25) is 4.79 Å². The standard InChI is InChI=1S/C7H12O4/c1-7(10-2)3-6(9)11-4-5(7)8/h6,9H,3-4H2,1-2H3/t6?,7-/m1/s1. The maximum absolute atomic E-state index is 11.1. The van der Waals surface area contributed by atoms with Crippen LogP contribution in [-0.4, -0.2) is 36.5 Å². The Kier molecular flexibility index (Phi) is 2.27. The van der Waals surface area contributed by atoms with Crippen molar-refractivity contribution in [2.45, 2.75) is 25.2 Å². The molecule has 0 spiro atoms. The highest BCUT2D eigenvalue weighted by atomic mass is 16.6. The molecule has 1 unspecified atom stereocenters. The second-order valence-electron chi connectivity index (χ2n) is 2.83. The van der Waals surface area contributed by atoms with E-state index in [4.69, 9.17) is 14.6 Å². The predicted molar refractivity (Wildman–Crippen MR) is 37.0 cm³/mol. The van der Waals surface area contributed by atoms with Gasteiger partial charge in [0.05, 0.1) is 0 Å². The predicted octanol–water partition coefficient (Wildman–Crippen LogP) is -0.301. The summed E-state index contributed by atoms with van der Waals surface area (Å²) in [5.74, 6) is -0.120. The minimum absolute atomic E-state index is 0.0640. The van der Waals surface area contributed by atoms with Gasteiger partial charge in [0.2, 0.25) is 0 Å². The van der Waals surface area contributed by atoms with Crippen molar-refractivity contribution in [2.24, 2.45) is 0 Å². The Labute approximate surface area is 65.1 Å². The molecule has 0 amide bonds. The van der Waals surface area contributed by atoms with E-state index in [1.54, 1.807) is 6.92 Å². The van der Waals surface area contributed by atoms with Crippen LogP contribution >= 0.6 is 0 Å². The molecule has 1 heterocycles. The van der Waals surface area contributed by atoms with Gasteiger partial charge in [-0.25, -0.2) is 0 Å². The Morgan fingerprint density at radius 3 is 2.91 bits per heavy atom. The fraction of sp³-hybridized carbons (Fsp3) is 0.857. The zero-order chi connectivity index (χ0) is 8.48. The van der Waals surface area contributed by atoms with Gasteiger partial charge in [-0.15, -0.1) is 0 Å². The van der Waals surface area contributed by atoms with Crippen LogP contribution in [0.5, 0.6) is 0 Å². The van der Waals surface area contributed by atoms with Crippen molar-refractivity contribution in [1.29, 1.82) is 0 Å². The van der Waals surface area contributed by atoms with Crippen molar-refractivity contribution in [3.05, 3.63) is 0 Å². The Hall–Kier alpha value is -0.450. The van der Waals surface area contributed by atoms with Crippen molar-refractivity contribution in [3.63, 3.8) is 0 Å². The van der Waals surface area contributed by atoms with E-state index in [0.29, 0.717) is 0 Å². The van der Waals surface area contributed by atoms with Crippen LogP contribution in [0.25, 0.3) is 0 Å². The average Bonchev–Trinajstić information content (AvgIpc) is 1.98. The van der Waals surface area contributed by atoms with Gasteiger partial charge in [0, 0.05) is 13.5 Å². The molecule has 0 radical (unpaired) electrons. The Morgan fingerprint density at radius 2 is 2.45 bits per heavy atom. The van der Waals surface area contributed by atoms with Crippen molar-refractivity contribution < 1.29 is 19.4 Å². The first-order valence-electron chi connectivity index (χ1n) is 3.46. The number of aliphatic hydroxyl groups excluding tert-OH is 1.